The highest BCUT2D eigenvalue weighted by molar-refractivity contribution is 4.72. The number of hydrogen-bond acceptors (Lipinski definition) is 2. The van der Waals surface area contributed by atoms with Gasteiger partial charge in [-0.15, -0.1) is 0 Å². The van der Waals surface area contributed by atoms with Crippen molar-refractivity contribution in [2.75, 3.05) is 6.61 Å². The molecule has 1 fully saturated rings. The van der Waals surface area contributed by atoms with Crippen molar-refractivity contribution in [3.8, 4) is 0 Å². The zero-order valence-corrected chi connectivity index (χ0v) is 7.96. The minimum absolute atomic E-state index is 0.118. The van der Waals surface area contributed by atoms with E-state index in [2.05, 4.69) is 6.92 Å². The van der Waals surface area contributed by atoms with Crippen molar-refractivity contribution >= 4 is 0 Å². The summed E-state index contributed by atoms with van der Waals surface area (Å²) in [5, 5.41) is 9.65. The number of rotatable bonds is 3. The molecule has 0 aromatic carbocycles. The molecule has 0 heterocycles. The summed E-state index contributed by atoms with van der Waals surface area (Å²) in [5.41, 5.74) is 0. The summed E-state index contributed by atoms with van der Waals surface area (Å²) in [7, 11) is 0. The Morgan fingerprint density at radius 2 is 2.00 bits per heavy atom. The van der Waals surface area contributed by atoms with E-state index in [0.717, 1.165) is 32.3 Å². The largest absolute Gasteiger partial charge is 0.390 e. The first kappa shape index (κ1) is 10.0. The van der Waals surface area contributed by atoms with Crippen LogP contribution in [-0.4, -0.2) is 23.9 Å². The molecule has 1 rings (SSSR count). The molecule has 0 aromatic rings. The zero-order valence-electron chi connectivity index (χ0n) is 7.96. The monoisotopic (exact) mass is 172 g/mol. The first-order chi connectivity index (χ1) is 5.84. The van der Waals surface area contributed by atoms with Gasteiger partial charge in [0.05, 0.1) is 12.2 Å². The Kier molecular flexibility index (Phi) is 4.62. The van der Waals surface area contributed by atoms with Crippen LogP contribution in [-0.2, 0) is 4.74 Å². The zero-order chi connectivity index (χ0) is 8.81. The van der Waals surface area contributed by atoms with Gasteiger partial charge in [0.1, 0.15) is 0 Å². The smallest absolute Gasteiger partial charge is 0.0833 e. The highest BCUT2D eigenvalue weighted by atomic mass is 16.5. The topological polar surface area (TPSA) is 29.5 Å². The molecule has 1 aliphatic rings. The lowest BCUT2D eigenvalue weighted by molar-refractivity contribution is -0.0398. The lowest BCUT2D eigenvalue weighted by atomic mass is 10.1. The molecule has 12 heavy (non-hydrogen) atoms. The molecule has 2 atom stereocenters. The predicted molar refractivity (Wildman–Crippen MR) is 49.1 cm³/mol. The molecule has 1 saturated carbocycles. The molecule has 2 heteroatoms. The molecule has 0 radical (unpaired) electrons. The molecule has 0 spiro atoms. The maximum Gasteiger partial charge on any atom is 0.0833 e. The normalized spacial score (nSPS) is 31.5. The van der Waals surface area contributed by atoms with E-state index in [1.54, 1.807) is 0 Å². The molecular weight excluding hydrogens is 152 g/mol. The number of hydrogen-bond donors (Lipinski definition) is 1. The van der Waals surface area contributed by atoms with Crippen LogP contribution in [0.3, 0.4) is 0 Å². The summed E-state index contributed by atoms with van der Waals surface area (Å²) in [4.78, 5) is 0. The summed E-state index contributed by atoms with van der Waals surface area (Å²) in [6.07, 6.45) is 6.55. The number of ether oxygens (including phenoxy) is 1. The fraction of sp³-hybridized carbons (Fsp3) is 1.00. The van der Waals surface area contributed by atoms with Gasteiger partial charge in [0.2, 0.25) is 0 Å². The Hall–Kier alpha value is -0.0800. The van der Waals surface area contributed by atoms with E-state index in [-0.39, 0.29) is 12.2 Å². The first-order valence-electron chi connectivity index (χ1n) is 5.14. The van der Waals surface area contributed by atoms with Gasteiger partial charge in [0.25, 0.3) is 0 Å². The van der Waals surface area contributed by atoms with Gasteiger partial charge in [0, 0.05) is 6.61 Å². The SMILES string of the molecule is CCCOC1CCCCCC1O. The molecule has 2 unspecified atom stereocenters. The van der Waals surface area contributed by atoms with E-state index >= 15 is 0 Å². The Balaban J connectivity index is 2.26. The summed E-state index contributed by atoms with van der Waals surface area (Å²) < 4.78 is 5.57. The van der Waals surface area contributed by atoms with Crippen LogP contribution in [0.1, 0.15) is 45.4 Å². The van der Waals surface area contributed by atoms with Crippen molar-refractivity contribution in [1.29, 1.82) is 0 Å². The van der Waals surface area contributed by atoms with Crippen LogP contribution in [0, 0.1) is 0 Å². The van der Waals surface area contributed by atoms with Crippen molar-refractivity contribution in [3.63, 3.8) is 0 Å². The second kappa shape index (κ2) is 5.55. The third kappa shape index (κ3) is 3.11. The Labute approximate surface area is 74.9 Å². The van der Waals surface area contributed by atoms with Crippen molar-refractivity contribution in [1.82, 2.24) is 0 Å². The molecular formula is C10H20O2. The fourth-order valence-electron chi connectivity index (χ4n) is 1.72. The van der Waals surface area contributed by atoms with E-state index in [0.29, 0.717) is 0 Å². The molecule has 0 bridgehead atoms. The van der Waals surface area contributed by atoms with E-state index in [1.807, 2.05) is 0 Å². The van der Waals surface area contributed by atoms with Crippen LogP contribution in [0.5, 0.6) is 0 Å². The van der Waals surface area contributed by atoms with Gasteiger partial charge in [-0.2, -0.15) is 0 Å². The maximum atomic E-state index is 9.65. The maximum absolute atomic E-state index is 9.65. The third-order valence-electron chi connectivity index (χ3n) is 2.45. The van der Waals surface area contributed by atoms with Crippen molar-refractivity contribution in [3.05, 3.63) is 0 Å². The van der Waals surface area contributed by atoms with Crippen molar-refractivity contribution in [2.45, 2.75) is 57.7 Å². The summed E-state index contributed by atoms with van der Waals surface area (Å²) >= 11 is 0. The van der Waals surface area contributed by atoms with Crippen LogP contribution in [0.25, 0.3) is 0 Å². The predicted octanol–water partition coefficient (Wildman–Crippen LogP) is 2.11. The van der Waals surface area contributed by atoms with Gasteiger partial charge < -0.3 is 9.84 Å². The van der Waals surface area contributed by atoms with Gasteiger partial charge in [-0.25, -0.2) is 0 Å². The first-order valence-corrected chi connectivity index (χ1v) is 5.14. The average Bonchev–Trinajstić information content (AvgIpc) is 2.27. The molecule has 0 aliphatic heterocycles. The van der Waals surface area contributed by atoms with Crippen LogP contribution in [0.15, 0.2) is 0 Å². The van der Waals surface area contributed by atoms with Crippen LogP contribution >= 0.6 is 0 Å². The highest BCUT2D eigenvalue weighted by Crippen LogP contribution is 2.20. The van der Waals surface area contributed by atoms with Gasteiger partial charge in [-0.1, -0.05) is 26.2 Å². The quantitative estimate of drug-likeness (QED) is 0.661. The minimum Gasteiger partial charge on any atom is -0.390 e. The Morgan fingerprint density at radius 1 is 1.25 bits per heavy atom. The molecule has 2 nitrogen and oxygen atoms in total. The molecule has 72 valence electrons. The standard InChI is InChI=1S/C10H20O2/c1-2-8-12-10-7-5-3-4-6-9(10)11/h9-11H,2-8H2,1H3. The summed E-state index contributed by atoms with van der Waals surface area (Å²) in [5.74, 6) is 0. The van der Waals surface area contributed by atoms with Crippen LogP contribution in [0.4, 0.5) is 0 Å². The summed E-state index contributed by atoms with van der Waals surface area (Å²) in [6.45, 7) is 2.89. The lowest BCUT2D eigenvalue weighted by Crippen LogP contribution is -2.27. The second-order valence-corrected chi connectivity index (χ2v) is 3.61. The molecule has 0 aromatic heterocycles. The molecule has 1 aliphatic carbocycles. The minimum atomic E-state index is -0.209. The average molecular weight is 172 g/mol. The Morgan fingerprint density at radius 3 is 2.75 bits per heavy atom. The van der Waals surface area contributed by atoms with E-state index < -0.39 is 0 Å². The second-order valence-electron chi connectivity index (χ2n) is 3.61. The fourth-order valence-corrected chi connectivity index (χ4v) is 1.72. The van der Waals surface area contributed by atoms with E-state index in [9.17, 15) is 5.11 Å². The van der Waals surface area contributed by atoms with Gasteiger partial charge in [-0.3, -0.25) is 0 Å². The lowest BCUT2D eigenvalue weighted by Gasteiger charge is -2.20. The van der Waals surface area contributed by atoms with Crippen molar-refractivity contribution in [2.24, 2.45) is 0 Å². The highest BCUT2D eigenvalue weighted by Gasteiger charge is 2.21. The van der Waals surface area contributed by atoms with E-state index in [1.165, 1.54) is 12.8 Å². The van der Waals surface area contributed by atoms with Gasteiger partial charge in [-0.05, 0) is 19.3 Å². The molecule has 0 amide bonds. The number of aliphatic hydroxyl groups excluding tert-OH is 1. The number of aliphatic hydroxyl groups is 1. The molecule has 1 N–H and O–H groups in total. The Bertz CT molecular complexity index is 114. The van der Waals surface area contributed by atoms with Gasteiger partial charge in [0.15, 0.2) is 0 Å². The summed E-state index contributed by atoms with van der Waals surface area (Å²) in [6, 6.07) is 0. The molecule has 0 saturated heterocycles. The van der Waals surface area contributed by atoms with Crippen LogP contribution in [0.2, 0.25) is 0 Å². The van der Waals surface area contributed by atoms with Crippen molar-refractivity contribution < 1.29 is 9.84 Å². The van der Waals surface area contributed by atoms with E-state index in [4.69, 9.17) is 4.74 Å². The third-order valence-corrected chi connectivity index (χ3v) is 2.45. The van der Waals surface area contributed by atoms with Crippen LogP contribution < -0.4 is 0 Å². The van der Waals surface area contributed by atoms with Gasteiger partial charge >= 0.3 is 0 Å².